The van der Waals surface area contributed by atoms with Crippen LogP contribution in [0.3, 0.4) is 0 Å². The molecule has 2 aromatic rings. The lowest BCUT2D eigenvalue weighted by Gasteiger charge is -2.10. The zero-order chi connectivity index (χ0) is 14.7. The van der Waals surface area contributed by atoms with Crippen molar-refractivity contribution in [3.05, 3.63) is 57.6 Å². The number of rotatable bonds is 3. The summed E-state index contributed by atoms with van der Waals surface area (Å²) < 4.78 is 0.864. The molecule has 0 unspecified atom stereocenters. The molecule has 0 radical (unpaired) electrons. The van der Waals surface area contributed by atoms with Crippen LogP contribution in [0.5, 0.6) is 0 Å². The Morgan fingerprint density at radius 1 is 1.10 bits per heavy atom. The summed E-state index contributed by atoms with van der Waals surface area (Å²) >= 11 is 3.44. The summed E-state index contributed by atoms with van der Waals surface area (Å²) in [5.74, 6) is 5.23. The van der Waals surface area contributed by atoms with E-state index in [9.17, 15) is 4.79 Å². The van der Waals surface area contributed by atoms with Crippen molar-refractivity contribution in [2.24, 2.45) is 5.84 Å². The highest BCUT2D eigenvalue weighted by atomic mass is 79.9. The molecule has 0 saturated heterocycles. The summed E-state index contributed by atoms with van der Waals surface area (Å²) in [6.07, 6.45) is 0. The van der Waals surface area contributed by atoms with Crippen molar-refractivity contribution < 1.29 is 4.79 Å². The molecular formula is C15H16BrN3O. The average Bonchev–Trinajstić information content (AvgIpc) is 2.41. The lowest BCUT2D eigenvalue weighted by Crippen LogP contribution is -2.14. The molecule has 0 aliphatic carbocycles. The Balaban J connectivity index is 2.21. The number of amides is 1. The van der Waals surface area contributed by atoms with Crippen molar-refractivity contribution in [3.8, 4) is 0 Å². The smallest absolute Gasteiger partial charge is 0.255 e. The van der Waals surface area contributed by atoms with Gasteiger partial charge in [-0.25, -0.2) is 0 Å². The van der Waals surface area contributed by atoms with Gasteiger partial charge < -0.3 is 10.7 Å². The van der Waals surface area contributed by atoms with Crippen molar-refractivity contribution in [3.63, 3.8) is 0 Å². The quantitative estimate of drug-likeness (QED) is 0.593. The number of carbonyl (C=O) groups excluding carboxylic acids is 1. The highest BCUT2D eigenvalue weighted by Gasteiger charge is 2.09. The lowest BCUT2D eigenvalue weighted by molar-refractivity contribution is 0.102. The van der Waals surface area contributed by atoms with E-state index in [1.165, 1.54) is 0 Å². The van der Waals surface area contributed by atoms with Crippen LogP contribution in [0.2, 0.25) is 0 Å². The van der Waals surface area contributed by atoms with Gasteiger partial charge in [-0.1, -0.05) is 6.07 Å². The average molecular weight is 334 g/mol. The standard InChI is InChI=1S/C15H16BrN3O/c1-9-3-5-14(12(16)7-9)18-15(20)11-4-6-13(19-17)10(2)8-11/h3-8,19H,17H2,1-2H3,(H,18,20). The number of carbonyl (C=O) groups is 1. The molecule has 2 aromatic carbocycles. The second-order valence-electron chi connectivity index (χ2n) is 4.61. The molecule has 0 aromatic heterocycles. The predicted octanol–water partition coefficient (Wildman–Crippen LogP) is 3.60. The number of hydrogen-bond donors (Lipinski definition) is 3. The highest BCUT2D eigenvalue weighted by molar-refractivity contribution is 9.10. The minimum absolute atomic E-state index is 0.152. The molecule has 104 valence electrons. The molecule has 20 heavy (non-hydrogen) atoms. The monoisotopic (exact) mass is 333 g/mol. The third-order valence-electron chi connectivity index (χ3n) is 3.02. The van der Waals surface area contributed by atoms with E-state index >= 15 is 0 Å². The summed E-state index contributed by atoms with van der Waals surface area (Å²) in [5, 5.41) is 2.88. The zero-order valence-electron chi connectivity index (χ0n) is 11.3. The number of nitrogens with two attached hydrogens (primary N) is 1. The SMILES string of the molecule is Cc1ccc(NC(=O)c2ccc(NN)c(C)c2)c(Br)c1. The Morgan fingerprint density at radius 3 is 2.40 bits per heavy atom. The number of aryl methyl sites for hydroxylation is 2. The first-order valence-electron chi connectivity index (χ1n) is 6.16. The van der Waals surface area contributed by atoms with Crippen LogP contribution < -0.4 is 16.6 Å². The molecular weight excluding hydrogens is 318 g/mol. The first kappa shape index (κ1) is 14.6. The zero-order valence-corrected chi connectivity index (χ0v) is 12.9. The fourth-order valence-electron chi connectivity index (χ4n) is 1.88. The van der Waals surface area contributed by atoms with Crippen LogP contribution in [0, 0.1) is 13.8 Å². The van der Waals surface area contributed by atoms with Gasteiger partial charge in [0.15, 0.2) is 0 Å². The number of benzene rings is 2. The largest absolute Gasteiger partial charge is 0.324 e. The predicted molar refractivity (Wildman–Crippen MR) is 85.8 cm³/mol. The maximum atomic E-state index is 12.2. The van der Waals surface area contributed by atoms with Crippen molar-refractivity contribution in [2.45, 2.75) is 13.8 Å². The van der Waals surface area contributed by atoms with Crippen molar-refractivity contribution in [2.75, 3.05) is 10.7 Å². The van der Waals surface area contributed by atoms with Crippen LogP contribution in [0.25, 0.3) is 0 Å². The molecule has 0 saturated carbocycles. The van der Waals surface area contributed by atoms with Gasteiger partial charge >= 0.3 is 0 Å². The number of hydrogen-bond acceptors (Lipinski definition) is 3. The second kappa shape index (κ2) is 6.07. The Hall–Kier alpha value is -1.85. The van der Waals surface area contributed by atoms with E-state index in [1.54, 1.807) is 18.2 Å². The van der Waals surface area contributed by atoms with E-state index in [-0.39, 0.29) is 5.91 Å². The second-order valence-corrected chi connectivity index (χ2v) is 5.47. The third kappa shape index (κ3) is 3.18. The topological polar surface area (TPSA) is 67.2 Å². The maximum Gasteiger partial charge on any atom is 0.255 e. The molecule has 0 bridgehead atoms. The van der Waals surface area contributed by atoms with Gasteiger partial charge in [-0.05, 0) is 71.2 Å². The summed E-state index contributed by atoms with van der Waals surface area (Å²) in [6.45, 7) is 3.89. The fourth-order valence-corrected chi connectivity index (χ4v) is 2.48. The highest BCUT2D eigenvalue weighted by Crippen LogP contribution is 2.24. The van der Waals surface area contributed by atoms with E-state index in [0.717, 1.165) is 27.0 Å². The molecule has 0 aliphatic heterocycles. The number of hydrazine groups is 1. The van der Waals surface area contributed by atoms with Crippen LogP contribution in [-0.4, -0.2) is 5.91 Å². The van der Waals surface area contributed by atoms with Crippen molar-refractivity contribution in [1.29, 1.82) is 0 Å². The first-order valence-corrected chi connectivity index (χ1v) is 6.95. The molecule has 2 rings (SSSR count). The van der Waals surface area contributed by atoms with E-state index in [4.69, 9.17) is 5.84 Å². The maximum absolute atomic E-state index is 12.2. The van der Waals surface area contributed by atoms with Crippen molar-refractivity contribution in [1.82, 2.24) is 0 Å². The van der Waals surface area contributed by atoms with Crippen LogP contribution in [0.1, 0.15) is 21.5 Å². The van der Waals surface area contributed by atoms with E-state index in [0.29, 0.717) is 5.56 Å². The minimum Gasteiger partial charge on any atom is -0.324 e. The van der Waals surface area contributed by atoms with E-state index in [2.05, 4.69) is 26.7 Å². The summed E-state index contributed by atoms with van der Waals surface area (Å²) in [7, 11) is 0. The van der Waals surface area contributed by atoms with Gasteiger partial charge in [-0.2, -0.15) is 0 Å². The lowest BCUT2D eigenvalue weighted by atomic mass is 10.1. The molecule has 5 heteroatoms. The number of anilines is 2. The molecule has 0 fully saturated rings. The van der Waals surface area contributed by atoms with Gasteiger partial charge in [-0.15, -0.1) is 0 Å². The van der Waals surface area contributed by atoms with Crippen LogP contribution in [0.15, 0.2) is 40.9 Å². The van der Waals surface area contributed by atoms with Crippen LogP contribution >= 0.6 is 15.9 Å². The third-order valence-corrected chi connectivity index (χ3v) is 3.67. The molecule has 0 spiro atoms. The van der Waals surface area contributed by atoms with Crippen molar-refractivity contribution >= 4 is 33.2 Å². The Morgan fingerprint density at radius 2 is 1.80 bits per heavy atom. The summed E-state index contributed by atoms with van der Waals surface area (Å²) in [4.78, 5) is 12.2. The van der Waals surface area contributed by atoms with E-state index in [1.807, 2.05) is 32.0 Å². The number of nitrogen functional groups attached to an aromatic ring is 1. The minimum atomic E-state index is -0.152. The normalized spacial score (nSPS) is 10.2. The molecule has 0 heterocycles. The first-order chi connectivity index (χ1) is 9.51. The Labute approximate surface area is 126 Å². The van der Waals surface area contributed by atoms with Crippen LogP contribution in [0.4, 0.5) is 11.4 Å². The van der Waals surface area contributed by atoms with Gasteiger partial charge in [0, 0.05) is 10.0 Å². The molecule has 4 N–H and O–H groups in total. The van der Waals surface area contributed by atoms with Gasteiger partial charge in [-0.3, -0.25) is 10.6 Å². The molecule has 0 aliphatic rings. The number of halogens is 1. The molecule has 1 amide bonds. The Bertz CT molecular complexity index is 656. The molecule has 4 nitrogen and oxygen atoms in total. The van der Waals surface area contributed by atoms with E-state index < -0.39 is 0 Å². The summed E-state index contributed by atoms with van der Waals surface area (Å²) in [6, 6.07) is 11.1. The fraction of sp³-hybridized carbons (Fsp3) is 0.133. The van der Waals surface area contributed by atoms with Crippen LogP contribution in [-0.2, 0) is 0 Å². The number of nitrogens with one attached hydrogen (secondary N) is 2. The van der Waals surface area contributed by atoms with Gasteiger partial charge in [0.25, 0.3) is 5.91 Å². The Kier molecular flexibility index (Phi) is 4.42. The van der Waals surface area contributed by atoms with Gasteiger partial charge in [0.05, 0.1) is 11.4 Å². The van der Waals surface area contributed by atoms with Gasteiger partial charge in [0.2, 0.25) is 0 Å². The summed E-state index contributed by atoms with van der Waals surface area (Å²) in [5.41, 5.74) is 6.78. The molecule has 0 atom stereocenters. The van der Waals surface area contributed by atoms with Gasteiger partial charge in [0.1, 0.15) is 0 Å².